The lowest BCUT2D eigenvalue weighted by molar-refractivity contribution is 0.0303. The first-order valence-electron chi connectivity index (χ1n) is 7.59. The summed E-state index contributed by atoms with van der Waals surface area (Å²) in [6.07, 6.45) is 1.42. The lowest BCUT2D eigenvalue weighted by atomic mass is 10.1. The van der Waals surface area contributed by atoms with Crippen LogP contribution in [0, 0.1) is 0 Å². The fraction of sp³-hybridized carbons (Fsp3) is 0.294. The Kier molecular flexibility index (Phi) is 4.81. The van der Waals surface area contributed by atoms with E-state index in [2.05, 4.69) is 5.32 Å². The lowest BCUT2D eigenvalue weighted by Crippen LogP contribution is -2.40. The third kappa shape index (κ3) is 3.41. The van der Waals surface area contributed by atoms with Gasteiger partial charge in [-0.2, -0.15) is 0 Å². The molecule has 1 saturated heterocycles. The van der Waals surface area contributed by atoms with Crippen LogP contribution in [0.25, 0.3) is 0 Å². The molecule has 7 nitrogen and oxygen atoms in total. The van der Waals surface area contributed by atoms with E-state index in [4.69, 9.17) is 13.9 Å². The Morgan fingerprint density at radius 1 is 1.21 bits per heavy atom. The highest BCUT2D eigenvalue weighted by Crippen LogP contribution is 2.27. The number of hydrogen-bond donors (Lipinski definition) is 1. The number of hydrogen-bond acceptors (Lipinski definition) is 5. The number of morpholine rings is 1. The monoisotopic (exact) mass is 330 g/mol. The molecule has 0 unspecified atom stereocenters. The zero-order valence-corrected chi connectivity index (χ0v) is 13.3. The normalized spacial score (nSPS) is 14.3. The van der Waals surface area contributed by atoms with Gasteiger partial charge in [0, 0.05) is 18.7 Å². The van der Waals surface area contributed by atoms with Gasteiger partial charge >= 0.3 is 0 Å². The van der Waals surface area contributed by atoms with Gasteiger partial charge in [0.05, 0.1) is 32.3 Å². The van der Waals surface area contributed by atoms with Crippen molar-refractivity contribution < 1.29 is 23.5 Å². The Morgan fingerprint density at radius 3 is 2.67 bits per heavy atom. The van der Waals surface area contributed by atoms with Crippen molar-refractivity contribution >= 4 is 17.5 Å². The van der Waals surface area contributed by atoms with Gasteiger partial charge in [0.15, 0.2) is 5.76 Å². The molecule has 2 amide bonds. The summed E-state index contributed by atoms with van der Waals surface area (Å²) in [5.74, 6) is 0.138. The van der Waals surface area contributed by atoms with Gasteiger partial charge in [-0.15, -0.1) is 0 Å². The van der Waals surface area contributed by atoms with E-state index in [1.54, 1.807) is 35.2 Å². The molecule has 2 aromatic rings. The van der Waals surface area contributed by atoms with E-state index in [1.165, 1.54) is 13.4 Å². The zero-order valence-electron chi connectivity index (χ0n) is 13.3. The second kappa shape index (κ2) is 7.18. The van der Waals surface area contributed by atoms with E-state index in [0.717, 1.165) is 0 Å². The molecule has 1 aliphatic heterocycles. The second-order valence-electron chi connectivity index (χ2n) is 5.25. The van der Waals surface area contributed by atoms with Gasteiger partial charge in [-0.05, 0) is 30.3 Å². The fourth-order valence-electron chi connectivity index (χ4n) is 2.48. The van der Waals surface area contributed by atoms with Crippen LogP contribution in [0.5, 0.6) is 5.75 Å². The van der Waals surface area contributed by atoms with Gasteiger partial charge in [0.1, 0.15) is 5.75 Å². The van der Waals surface area contributed by atoms with Crippen LogP contribution in [0.4, 0.5) is 5.69 Å². The molecule has 0 aliphatic carbocycles. The molecule has 2 heterocycles. The molecule has 1 aliphatic rings. The molecular weight excluding hydrogens is 312 g/mol. The van der Waals surface area contributed by atoms with Crippen LogP contribution < -0.4 is 10.1 Å². The maximum absolute atomic E-state index is 12.6. The van der Waals surface area contributed by atoms with Crippen molar-refractivity contribution in [2.75, 3.05) is 38.7 Å². The minimum absolute atomic E-state index is 0.102. The predicted molar refractivity (Wildman–Crippen MR) is 86.4 cm³/mol. The third-order valence-electron chi connectivity index (χ3n) is 3.74. The van der Waals surface area contributed by atoms with Crippen LogP contribution in [0.3, 0.4) is 0 Å². The van der Waals surface area contributed by atoms with Crippen molar-refractivity contribution in [3.8, 4) is 5.75 Å². The smallest absolute Gasteiger partial charge is 0.291 e. The summed E-state index contributed by atoms with van der Waals surface area (Å²) < 4.78 is 15.6. The summed E-state index contributed by atoms with van der Waals surface area (Å²) in [5.41, 5.74) is 0.894. The molecule has 1 aromatic carbocycles. The van der Waals surface area contributed by atoms with Crippen molar-refractivity contribution in [2.45, 2.75) is 0 Å². The summed E-state index contributed by atoms with van der Waals surface area (Å²) >= 11 is 0. The van der Waals surface area contributed by atoms with Crippen molar-refractivity contribution in [3.63, 3.8) is 0 Å². The highest BCUT2D eigenvalue weighted by molar-refractivity contribution is 6.04. The number of rotatable bonds is 4. The summed E-state index contributed by atoms with van der Waals surface area (Å²) in [6, 6.07) is 8.14. The topological polar surface area (TPSA) is 81.0 Å². The largest absolute Gasteiger partial charge is 0.495 e. The van der Waals surface area contributed by atoms with Crippen LogP contribution in [0.15, 0.2) is 41.0 Å². The molecular formula is C17H18N2O5. The minimum atomic E-state index is -0.408. The van der Waals surface area contributed by atoms with E-state index in [0.29, 0.717) is 43.3 Å². The molecule has 0 saturated carbocycles. The molecule has 0 atom stereocenters. The molecule has 3 rings (SSSR count). The second-order valence-corrected chi connectivity index (χ2v) is 5.25. The fourth-order valence-corrected chi connectivity index (χ4v) is 2.48. The number of methoxy groups -OCH3 is 1. The number of ether oxygens (including phenoxy) is 2. The number of carbonyl (C=O) groups excluding carboxylic acids is 2. The van der Waals surface area contributed by atoms with Crippen LogP contribution in [0.2, 0.25) is 0 Å². The first-order chi connectivity index (χ1) is 11.7. The molecule has 126 valence electrons. The number of furan rings is 1. The molecule has 1 N–H and O–H groups in total. The number of benzene rings is 1. The Bertz CT molecular complexity index is 721. The van der Waals surface area contributed by atoms with Crippen molar-refractivity contribution in [1.29, 1.82) is 0 Å². The Hall–Kier alpha value is -2.80. The van der Waals surface area contributed by atoms with Crippen LogP contribution in [-0.4, -0.2) is 50.1 Å². The SMILES string of the molecule is COc1ccc(C(=O)N2CCOCC2)cc1NC(=O)c1ccco1. The summed E-state index contributed by atoms with van der Waals surface area (Å²) in [5, 5.41) is 2.71. The average molecular weight is 330 g/mol. The van der Waals surface area contributed by atoms with E-state index in [1.807, 2.05) is 0 Å². The highest BCUT2D eigenvalue weighted by Gasteiger charge is 2.20. The number of anilines is 1. The summed E-state index contributed by atoms with van der Waals surface area (Å²) in [4.78, 5) is 26.4. The quantitative estimate of drug-likeness (QED) is 0.927. The van der Waals surface area contributed by atoms with Crippen molar-refractivity contribution in [3.05, 3.63) is 47.9 Å². The van der Waals surface area contributed by atoms with Gasteiger partial charge in [-0.25, -0.2) is 0 Å². The van der Waals surface area contributed by atoms with Crippen molar-refractivity contribution in [1.82, 2.24) is 4.90 Å². The zero-order chi connectivity index (χ0) is 16.9. The summed E-state index contributed by atoms with van der Waals surface area (Å²) in [7, 11) is 1.50. The molecule has 0 radical (unpaired) electrons. The molecule has 24 heavy (non-hydrogen) atoms. The van der Waals surface area contributed by atoms with E-state index in [-0.39, 0.29) is 11.7 Å². The van der Waals surface area contributed by atoms with Crippen LogP contribution >= 0.6 is 0 Å². The van der Waals surface area contributed by atoms with Gasteiger partial charge < -0.3 is 24.1 Å². The van der Waals surface area contributed by atoms with Crippen LogP contribution in [0.1, 0.15) is 20.9 Å². The maximum atomic E-state index is 12.6. The minimum Gasteiger partial charge on any atom is -0.495 e. The number of amides is 2. The Labute approximate surface area is 139 Å². The predicted octanol–water partition coefficient (Wildman–Crippen LogP) is 2.01. The van der Waals surface area contributed by atoms with Gasteiger partial charge in [0.25, 0.3) is 11.8 Å². The summed E-state index contributed by atoms with van der Waals surface area (Å²) in [6.45, 7) is 2.17. The Morgan fingerprint density at radius 2 is 2.00 bits per heavy atom. The highest BCUT2D eigenvalue weighted by atomic mass is 16.5. The first kappa shape index (κ1) is 16.1. The Balaban J connectivity index is 1.82. The number of nitrogens with one attached hydrogen (secondary N) is 1. The first-order valence-corrected chi connectivity index (χ1v) is 7.59. The number of carbonyl (C=O) groups is 2. The standard InChI is InChI=1S/C17H18N2O5/c1-22-14-5-4-12(17(21)19-6-9-23-10-7-19)11-13(14)18-16(20)15-3-2-8-24-15/h2-5,8,11H,6-7,9-10H2,1H3,(H,18,20). The average Bonchev–Trinajstić information content (AvgIpc) is 3.16. The van der Waals surface area contributed by atoms with E-state index >= 15 is 0 Å². The molecule has 7 heteroatoms. The van der Waals surface area contributed by atoms with Gasteiger partial charge in [-0.1, -0.05) is 0 Å². The lowest BCUT2D eigenvalue weighted by Gasteiger charge is -2.27. The molecule has 0 bridgehead atoms. The van der Waals surface area contributed by atoms with Gasteiger partial charge in [0.2, 0.25) is 0 Å². The maximum Gasteiger partial charge on any atom is 0.291 e. The molecule has 1 fully saturated rings. The van der Waals surface area contributed by atoms with Crippen molar-refractivity contribution in [2.24, 2.45) is 0 Å². The van der Waals surface area contributed by atoms with Gasteiger partial charge in [-0.3, -0.25) is 9.59 Å². The third-order valence-corrected chi connectivity index (χ3v) is 3.74. The molecule has 1 aromatic heterocycles. The molecule has 0 spiro atoms. The van der Waals surface area contributed by atoms with Crippen LogP contribution in [-0.2, 0) is 4.74 Å². The van der Waals surface area contributed by atoms with E-state index in [9.17, 15) is 9.59 Å². The van der Waals surface area contributed by atoms with E-state index < -0.39 is 5.91 Å². The number of nitrogens with zero attached hydrogens (tertiary/aromatic N) is 1.